The van der Waals surface area contributed by atoms with Crippen molar-refractivity contribution >= 4 is 46.8 Å². The Morgan fingerprint density at radius 1 is 1.17 bits per heavy atom. The van der Waals surface area contributed by atoms with Gasteiger partial charge in [0.05, 0.1) is 35.8 Å². The molecule has 0 aliphatic carbocycles. The summed E-state index contributed by atoms with van der Waals surface area (Å²) >= 11 is 7.58. The van der Waals surface area contributed by atoms with Crippen molar-refractivity contribution < 1.29 is 24.2 Å². The van der Waals surface area contributed by atoms with Gasteiger partial charge in [-0.2, -0.15) is 0 Å². The average Bonchev–Trinajstić information content (AvgIpc) is 3.19. The fourth-order valence-corrected chi connectivity index (χ4v) is 7.99. The summed E-state index contributed by atoms with van der Waals surface area (Å²) in [5.41, 5.74) is 0.676. The predicted octanol–water partition coefficient (Wildman–Crippen LogP) is 3.06. The number of hydrogen-bond donors (Lipinski definition) is 1. The maximum Gasteiger partial charge on any atom is 0.311 e. The van der Waals surface area contributed by atoms with Gasteiger partial charge in [-0.25, -0.2) is 0 Å². The number of likely N-dealkylation sites (tertiary alicyclic amines) is 1. The smallest absolute Gasteiger partial charge is 0.311 e. The number of cyclic esters (lactones) is 1. The Morgan fingerprint density at radius 3 is 2.60 bits per heavy atom. The van der Waals surface area contributed by atoms with Crippen molar-refractivity contribution in [2.45, 2.75) is 42.3 Å². The van der Waals surface area contributed by atoms with Crippen molar-refractivity contribution in [3.8, 4) is 0 Å². The van der Waals surface area contributed by atoms with Crippen LogP contribution in [-0.2, 0) is 19.1 Å². The van der Waals surface area contributed by atoms with E-state index in [0.717, 1.165) is 0 Å². The van der Waals surface area contributed by atoms with E-state index in [1.165, 1.54) is 11.8 Å². The van der Waals surface area contributed by atoms with Crippen LogP contribution in [0.25, 0.3) is 0 Å². The van der Waals surface area contributed by atoms with Crippen molar-refractivity contribution in [2.24, 2.45) is 17.8 Å². The van der Waals surface area contributed by atoms with Gasteiger partial charge >= 0.3 is 5.97 Å². The van der Waals surface area contributed by atoms with Crippen LogP contribution in [0.1, 0.15) is 20.3 Å². The van der Waals surface area contributed by atoms with Gasteiger partial charge in [-0.05, 0) is 36.6 Å². The third-order valence-corrected chi connectivity index (χ3v) is 9.51. The number of aliphatic hydroxyl groups excluding tert-OH is 1. The number of carbonyl (C=O) groups is 3. The van der Waals surface area contributed by atoms with Crippen LogP contribution in [0, 0.1) is 17.8 Å². The molecule has 1 spiro atoms. The molecule has 1 aromatic carbocycles. The van der Waals surface area contributed by atoms with Crippen LogP contribution in [0.15, 0.2) is 48.6 Å². The summed E-state index contributed by atoms with van der Waals surface area (Å²) in [4.78, 5) is 44.8. The summed E-state index contributed by atoms with van der Waals surface area (Å²) in [5, 5.41) is 10.6. The Bertz CT molecular complexity index is 1090. The topological polar surface area (TPSA) is 87.2 Å². The number of aliphatic hydroxyl groups is 1. The van der Waals surface area contributed by atoms with E-state index in [4.69, 9.17) is 16.3 Å². The van der Waals surface area contributed by atoms with Crippen LogP contribution in [0.4, 0.5) is 5.69 Å². The van der Waals surface area contributed by atoms with Gasteiger partial charge in [-0.1, -0.05) is 49.8 Å². The van der Waals surface area contributed by atoms with Crippen LogP contribution >= 0.6 is 23.4 Å². The van der Waals surface area contributed by atoms with Gasteiger partial charge in [0.2, 0.25) is 5.91 Å². The molecule has 9 heteroatoms. The standard InChI is InChI=1S/C26H29ClN2O5S/c1-15(2)18(14-30)29-22-24(32)28(17-9-7-16(27)8-10-17)12-5-11-26(22)21(23(29)31)20-19(35-26)6-3-4-13-34-25(20)33/h3,5-11,15,18-22,30H,4,12-14H2,1-2H3/t18-,19-,20+,21-,22?,26-/m0/s1. The second kappa shape index (κ2) is 9.30. The normalized spacial score (nSPS) is 33.1. The van der Waals surface area contributed by atoms with E-state index in [0.29, 0.717) is 23.7 Å². The first kappa shape index (κ1) is 24.4. The number of hydrogen-bond acceptors (Lipinski definition) is 6. The molecule has 0 radical (unpaired) electrons. The third kappa shape index (κ3) is 3.81. The zero-order valence-corrected chi connectivity index (χ0v) is 21.2. The van der Waals surface area contributed by atoms with E-state index in [1.807, 2.05) is 38.2 Å². The number of amides is 2. The predicted molar refractivity (Wildman–Crippen MR) is 135 cm³/mol. The number of nitrogens with zero attached hydrogens (tertiary/aromatic N) is 2. The molecule has 7 nitrogen and oxygen atoms in total. The minimum absolute atomic E-state index is 0.0891. The minimum Gasteiger partial charge on any atom is -0.465 e. The molecule has 0 aromatic heterocycles. The first-order valence-electron chi connectivity index (χ1n) is 12.0. The summed E-state index contributed by atoms with van der Waals surface area (Å²) in [6.45, 7) is 4.17. The summed E-state index contributed by atoms with van der Waals surface area (Å²) in [5.74, 6) is -2.43. The summed E-state index contributed by atoms with van der Waals surface area (Å²) in [6, 6.07) is 5.60. The van der Waals surface area contributed by atoms with Crippen LogP contribution in [0.3, 0.4) is 0 Å². The molecule has 0 saturated carbocycles. The number of ether oxygens (including phenoxy) is 1. The zero-order valence-electron chi connectivity index (χ0n) is 19.7. The quantitative estimate of drug-likeness (QED) is 0.489. The van der Waals surface area contributed by atoms with Crippen LogP contribution < -0.4 is 4.90 Å². The fourth-order valence-electron chi connectivity index (χ4n) is 5.88. The largest absolute Gasteiger partial charge is 0.465 e. The van der Waals surface area contributed by atoms with E-state index in [-0.39, 0.29) is 36.2 Å². The highest BCUT2D eigenvalue weighted by Crippen LogP contribution is 2.61. The SMILES string of the molecule is CC(C)[C@H](CO)N1C(=O)[C@@H]2[C@@H]3C(=O)OCCC=C[C@@H]3S[C@@]23C=CCN(c2ccc(Cl)cc2)C(=O)C13. The lowest BCUT2D eigenvalue weighted by atomic mass is 9.78. The number of rotatable bonds is 4. The molecule has 1 unspecified atom stereocenters. The lowest BCUT2D eigenvalue weighted by Gasteiger charge is -2.39. The van der Waals surface area contributed by atoms with E-state index in [1.54, 1.807) is 34.1 Å². The number of carbonyl (C=O) groups excluding carboxylic acids is 3. The van der Waals surface area contributed by atoms with Gasteiger partial charge < -0.3 is 19.6 Å². The highest BCUT2D eigenvalue weighted by molar-refractivity contribution is 8.02. The highest BCUT2D eigenvalue weighted by Gasteiger charge is 2.71. The Hall–Kier alpha value is -2.29. The van der Waals surface area contributed by atoms with Gasteiger partial charge in [0.1, 0.15) is 6.04 Å². The maximum atomic E-state index is 14.3. The first-order chi connectivity index (χ1) is 16.8. The Labute approximate surface area is 214 Å². The number of halogens is 1. The monoisotopic (exact) mass is 516 g/mol. The van der Waals surface area contributed by atoms with Gasteiger partial charge in [-0.3, -0.25) is 14.4 Å². The summed E-state index contributed by atoms with van der Waals surface area (Å²) in [7, 11) is 0. The molecule has 2 saturated heterocycles. The van der Waals surface area contributed by atoms with E-state index in [2.05, 4.69) is 0 Å². The van der Waals surface area contributed by atoms with E-state index >= 15 is 0 Å². The molecule has 186 valence electrons. The van der Waals surface area contributed by atoms with Gasteiger partial charge in [-0.15, -0.1) is 11.8 Å². The second-order valence-corrected chi connectivity index (χ2v) is 11.7. The molecule has 1 N–H and O–H groups in total. The summed E-state index contributed by atoms with van der Waals surface area (Å²) < 4.78 is 4.56. The van der Waals surface area contributed by atoms with E-state index < -0.39 is 34.6 Å². The third-order valence-electron chi connectivity index (χ3n) is 7.51. The fraction of sp³-hybridized carbons (Fsp3) is 0.500. The average molecular weight is 517 g/mol. The molecule has 5 rings (SSSR count). The molecule has 2 fully saturated rings. The Morgan fingerprint density at radius 2 is 1.91 bits per heavy atom. The number of thioether (sulfide) groups is 1. The summed E-state index contributed by atoms with van der Waals surface area (Å²) in [6.07, 6.45) is 8.47. The highest BCUT2D eigenvalue weighted by atomic mass is 35.5. The van der Waals surface area contributed by atoms with Crippen molar-refractivity contribution in [2.75, 3.05) is 24.7 Å². The van der Waals surface area contributed by atoms with Crippen molar-refractivity contribution in [3.05, 3.63) is 53.6 Å². The molecule has 6 atom stereocenters. The number of benzene rings is 1. The van der Waals surface area contributed by atoms with Crippen LogP contribution in [0.5, 0.6) is 0 Å². The molecule has 0 bridgehead atoms. The minimum atomic E-state index is -0.944. The molecular weight excluding hydrogens is 488 g/mol. The first-order valence-corrected chi connectivity index (χ1v) is 13.2. The molecular formula is C26H29ClN2O5S. The van der Waals surface area contributed by atoms with E-state index in [9.17, 15) is 19.5 Å². The molecule has 4 aliphatic heterocycles. The van der Waals surface area contributed by atoms with Crippen LogP contribution in [0.2, 0.25) is 5.02 Å². The molecule has 2 amide bonds. The van der Waals surface area contributed by atoms with Crippen LogP contribution in [-0.4, -0.2) is 69.6 Å². The Kier molecular flexibility index (Phi) is 6.48. The van der Waals surface area contributed by atoms with Crippen molar-refractivity contribution in [1.29, 1.82) is 0 Å². The molecule has 1 aromatic rings. The lowest BCUT2D eigenvalue weighted by molar-refractivity contribution is -0.153. The maximum absolute atomic E-state index is 14.3. The van der Waals surface area contributed by atoms with Gasteiger partial charge in [0, 0.05) is 22.5 Å². The lowest BCUT2D eigenvalue weighted by Crippen LogP contribution is -2.57. The number of esters is 1. The van der Waals surface area contributed by atoms with Gasteiger partial charge in [0.15, 0.2) is 0 Å². The van der Waals surface area contributed by atoms with Crippen molar-refractivity contribution in [1.82, 2.24) is 4.90 Å². The zero-order chi connectivity index (χ0) is 24.9. The molecule has 4 heterocycles. The Balaban J connectivity index is 1.66. The molecule has 4 aliphatic rings. The number of fused-ring (bicyclic) bond motifs is 2. The number of anilines is 1. The van der Waals surface area contributed by atoms with Crippen molar-refractivity contribution in [3.63, 3.8) is 0 Å². The van der Waals surface area contributed by atoms with Gasteiger partial charge in [0.25, 0.3) is 5.91 Å². The second-order valence-electron chi connectivity index (χ2n) is 9.79. The molecule has 35 heavy (non-hydrogen) atoms.